The minimum absolute atomic E-state index is 0.318. The van der Waals surface area contributed by atoms with Gasteiger partial charge < -0.3 is 14.8 Å². The lowest BCUT2D eigenvalue weighted by Crippen LogP contribution is -2.43. The standard InChI is InChI=1S/C25H25NO5S2/c1-13-19(24(28)30-2)20(14-7-9-15(32-4)10-8-14)22-17(26-13)12-16(18-6-5-11-33-18)21(23(22)27)25(29)31-3/h5-11,16,20-21,26H,12H2,1-4H3/t16-,20+,21+/m1/s1. The monoisotopic (exact) mass is 483 g/mol. The molecule has 8 heteroatoms. The van der Waals surface area contributed by atoms with E-state index in [1.54, 1.807) is 11.8 Å². The van der Waals surface area contributed by atoms with Crippen molar-refractivity contribution in [1.29, 1.82) is 0 Å². The van der Waals surface area contributed by atoms with E-state index >= 15 is 0 Å². The Bertz CT molecular complexity index is 1150. The summed E-state index contributed by atoms with van der Waals surface area (Å²) in [4.78, 5) is 41.7. The lowest BCUT2D eigenvalue weighted by Gasteiger charge is -2.39. The maximum absolute atomic E-state index is 14.0. The van der Waals surface area contributed by atoms with Gasteiger partial charge in [0.25, 0.3) is 0 Å². The van der Waals surface area contributed by atoms with Crippen molar-refractivity contribution in [3.05, 3.63) is 74.8 Å². The second-order valence-corrected chi connectivity index (χ2v) is 9.80. The van der Waals surface area contributed by atoms with Gasteiger partial charge in [-0.1, -0.05) is 18.2 Å². The van der Waals surface area contributed by atoms with Crippen molar-refractivity contribution >= 4 is 40.8 Å². The molecule has 1 aliphatic heterocycles. The van der Waals surface area contributed by atoms with Crippen LogP contribution in [0.15, 0.2) is 69.2 Å². The first-order valence-corrected chi connectivity index (χ1v) is 12.6. The van der Waals surface area contributed by atoms with Gasteiger partial charge in [-0.2, -0.15) is 0 Å². The number of ketones is 1. The van der Waals surface area contributed by atoms with Gasteiger partial charge in [-0.25, -0.2) is 4.79 Å². The molecule has 1 aromatic heterocycles. The molecule has 1 N–H and O–H groups in total. The fourth-order valence-electron chi connectivity index (χ4n) is 4.71. The third kappa shape index (κ3) is 4.13. The zero-order valence-electron chi connectivity index (χ0n) is 18.8. The summed E-state index contributed by atoms with van der Waals surface area (Å²) in [5, 5.41) is 5.23. The summed E-state index contributed by atoms with van der Waals surface area (Å²) >= 11 is 3.13. The van der Waals surface area contributed by atoms with E-state index < -0.39 is 23.8 Å². The number of benzene rings is 1. The van der Waals surface area contributed by atoms with Crippen LogP contribution in [-0.4, -0.2) is 38.2 Å². The second-order valence-electron chi connectivity index (χ2n) is 7.94. The van der Waals surface area contributed by atoms with Crippen molar-refractivity contribution in [2.75, 3.05) is 20.5 Å². The van der Waals surface area contributed by atoms with Gasteiger partial charge in [-0.05, 0) is 48.7 Å². The van der Waals surface area contributed by atoms with Crippen LogP contribution in [0.25, 0.3) is 0 Å². The number of hydrogen-bond acceptors (Lipinski definition) is 8. The largest absolute Gasteiger partial charge is 0.468 e. The fourth-order valence-corrected chi connectivity index (χ4v) is 5.99. The number of allylic oxidation sites excluding steroid dienone is 3. The summed E-state index contributed by atoms with van der Waals surface area (Å²) in [7, 11) is 2.62. The Morgan fingerprint density at radius 3 is 2.42 bits per heavy atom. The Morgan fingerprint density at radius 1 is 1.12 bits per heavy atom. The normalized spacial score (nSPS) is 22.5. The number of Topliss-reactive ketones (excluding diaryl/α,β-unsaturated/α-hetero) is 1. The average Bonchev–Trinajstić information content (AvgIpc) is 3.37. The Hall–Kier alpha value is -2.84. The molecule has 6 nitrogen and oxygen atoms in total. The van der Waals surface area contributed by atoms with Crippen LogP contribution < -0.4 is 5.32 Å². The third-order valence-electron chi connectivity index (χ3n) is 6.24. The molecule has 0 amide bonds. The van der Waals surface area contributed by atoms with Crippen LogP contribution in [-0.2, 0) is 23.9 Å². The van der Waals surface area contributed by atoms with Crippen molar-refractivity contribution < 1.29 is 23.9 Å². The molecule has 0 bridgehead atoms. The fraction of sp³-hybridized carbons (Fsp3) is 0.320. The van der Waals surface area contributed by atoms with Crippen LogP contribution in [0.1, 0.15) is 35.6 Å². The quantitative estimate of drug-likeness (QED) is 0.383. The second kappa shape index (κ2) is 9.57. The number of rotatable bonds is 5. The highest BCUT2D eigenvalue weighted by Gasteiger charge is 2.49. The SMILES string of the molecule is COC(=O)C1=C(C)NC2=C(C(=O)[C@@H](C(=O)OC)[C@@H](c3cccs3)C2)[C@H]1c1ccc(SC)cc1. The zero-order valence-corrected chi connectivity index (χ0v) is 20.5. The van der Waals surface area contributed by atoms with E-state index in [2.05, 4.69) is 5.32 Å². The number of carbonyl (C=O) groups is 3. The lowest BCUT2D eigenvalue weighted by molar-refractivity contribution is -0.149. The minimum atomic E-state index is -0.973. The molecule has 172 valence electrons. The van der Waals surface area contributed by atoms with Gasteiger partial charge in [0.05, 0.1) is 19.8 Å². The summed E-state index contributed by atoms with van der Waals surface area (Å²) in [5.41, 5.74) is 2.99. The molecule has 2 aromatic rings. The summed E-state index contributed by atoms with van der Waals surface area (Å²) in [5.74, 6) is -3.32. The number of methoxy groups -OCH3 is 2. The molecule has 0 fully saturated rings. The first kappa shape index (κ1) is 23.3. The number of hydrogen-bond donors (Lipinski definition) is 1. The van der Waals surface area contributed by atoms with Crippen molar-refractivity contribution in [2.45, 2.75) is 30.1 Å². The number of thiophene rings is 1. The van der Waals surface area contributed by atoms with Gasteiger partial charge >= 0.3 is 11.9 Å². The highest BCUT2D eigenvalue weighted by molar-refractivity contribution is 7.98. The predicted octanol–water partition coefficient (Wildman–Crippen LogP) is 4.40. The van der Waals surface area contributed by atoms with E-state index in [-0.39, 0.29) is 11.7 Å². The van der Waals surface area contributed by atoms with Gasteiger partial charge in [-0.3, -0.25) is 9.59 Å². The van der Waals surface area contributed by atoms with E-state index in [9.17, 15) is 14.4 Å². The van der Waals surface area contributed by atoms with Crippen LogP contribution in [0.4, 0.5) is 0 Å². The first-order chi connectivity index (χ1) is 15.9. The van der Waals surface area contributed by atoms with Crippen molar-refractivity contribution in [3.8, 4) is 0 Å². The Kier molecular flexibility index (Phi) is 6.76. The van der Waals surface area contributed by atoms with Crippen LogP contribution in [0.3, 0.4) is 0 Å². The molecular weight excluding hydrogens is 458 g/mol. The average molecular weight is 484 g/mol. The van der Waals surface area contributed by atoms with E-state index in [0.29, 0.717) is 23.3 Å². The molecule has 1 aliphatic carbocycles. The Labute approximate surface area is 201 Å². The molecule has 4 rings (SSSR count). The molecule has 2 aliphatic rings. The molecule has 1 aromatic carbocycles. The van der Waals surface area contributed by atoms with Crippen molar-refractivity contribution in [2.24, 2.45) is 5.92 Å². The van der Waals surface area contributed by atoms with Gasteiger partial charge in [0.1, 0.15) is 5.92 Å². The molecule has 0 saturated heterocycles. The molecule has 0 saturated carbocycles. The number of dihydropyridines is 1. The Morgan fingerprint density at radius 2 is 1.85 bits per heavy atom. The molecule has 2 heterocycles. The first-order valence-electron chi connectivity index (χ1n) is 10.5. The minimum Gasteiger partial charge on any atom is -0.468 e. The molecule has 33 heavy (non-hydrogen) atoms. The third-order valence-corrected chi connectivity index (χ3v) is 7.99. The topological polar surface area (TPSA) is 81.7 Å². The number of carbonyl (C=O) groups excluding carboxylic acids is 3. The van der Waals surface area contributed by atoms with E-state index in [0.717, 1.165) is 21.0 Å². The summed E-state index contributed by atoms with van der Waals surface area (Å²) < 4.78 is 10.1. The molecule has 0 spiro atoms. The smallest absolute Gasteiger partial charge is 0.336 e. The van der Waals surface area contributed by atoms with Crippen LogP contribution >= 0.6 is 23.1 Å². The zero-order chi connectivity index (χ0) is 23.7. The van der Waals surface area contributed by atoms with Gasteiger partial charge in [0, 0.05) is 38.6 Å². The molecule has 0 unspecified atom stereocenters. The maximum Gasteiger partial charge on any atom is 0.336 e. The van der Waals surface area contributed by atoms with E-state index in [4.69, 9.17) is 9.47 Å². The number of thioether (sulfide) groups is 1. The van der Waals surface area contributed by atoms with Gasteiger partial charge in [0.2, 0.25) is 0 Å². The molecular formula is C25H25NO5S2. The molecule has 3 atom stereocenters. The van der Waals surface area contributed by atoms with E-state index in [1.165, 1.54) is 25.6 Å². The van der Waals surface area contributed by atoms with Crippen LogP contribution in [0.5, 0.6) is 0 Å². The Balaban J connectivity index is 1.89. The predicted molar refractivity (Wildman–Crippen MR) is 128 cm³/mol. The number of esters is 2. The van der Waals surface area contributed by atoms with Crippen molar-refractivity contribution in [1.82, 2.24) is 5.32 Å². The highest BCUT2D eigenvalue weighted by atomic mass is 32.2. The maximum atomic E-state index is 14.0. The lowest BCUT2D eigenvalue weighted by atomic mass is 9.68. The van der Waals surface area contributed by atoms with Crippen LogP contribution in [0, 0.1) is 5.92 Å². The summed E-state index contributed by atoms with van der Waals surface area (Å²) in [6, 6.07) is 11.6. The number of ether oxygens (including phenoxy) is 2. The van der Waals surface area contributed by atoms with Crippen LogP contribution in [0.2, 0.25) is 0 Å². The summed E-state index contributed by atoms with van der Waals surface area (Å²) in [6.07, 6.45) is 2.45. The van der Waals surface area contributed by atoms with Crippen molar-refractivity contribution in [3.63, 3.8) is 0 Å². The summed E-state index contributed by atoms with van der Waals surface area (Å²) in [6.45, 7) is 1.82. The highest BCUT2D eigenvalue weighted by Crippen LogP contribution is 2.48. The number of nitrogens with one attached hydrogen (secondary N) is 1. The van der Waals surface area contributed by atoms with E-state index in [1.807, 2.05) is 55.0 Å². The van der Waals surface area contributed by atoms with Gasteiger partial charge in [0.15, 0.2) is 5.78 Å². The van der Waals surface area contributed by atoms with Gasteiger partial charge in [-0.15, -0.1) is 23.1 Å². The molecule has 0 radical (unpaired) electrons.